The van der Waals surface area contributed by atoms with Gasteiger partial charge in [-0.05, 0) is 37.8 Å². The molecule has 3 aromatic rings. The van der Waals surface area contributed by atoms with Crippen LogP contribution in [0.25, 0.3) is 0 Å². The number of rotatable bonds is 5. The second-order valence-corrected chi connectivity index (χ2v) is 7.59. The minimum Gasteiger partial charge on any atom is -0.356 e. The number of imidazole rings is 1. The molecule has 0 bridgehead atoms. The molecule has 27 heavy (non-hydrogen) atoms. The second kappa shape index (κ2) is 7.10. The maximum Gasteiger partial charge on any atom is 0.132 e. The molecule has 1 aliphatic heterocycles. The standard InChI is InChI=1S/C21H24N6/c1-2-8-22-18(5-1)14-27-11-9-23-21(27)17-4-3-10-26(13-17)20-12-19(16-6-7-16)24-15-25-20/h1-2,5,8-9,11-12,15-17H,3-4,6-7,10,13-14H2/t17-/m0/s1. The van der Waals surface area contributed by atoms with Gasteiger partial charge in [0.2, 0.25) is 0 Å². The lowest BCUT2D eigenvalue weighted by Gasteiger charge is -2.33. The fourth-order valence-corrected chi connectivity index (χ4v) is 4.01. The highest BCUT2D eigenvalue weighted by Gasteiger charge is 2.28. The molecule has 0 spiro atoms. The highest BCUT2D eigenvalue weighted by molar-refractivity contribution is 5.41. The van der Waals surface area contributed by atoms with E-state index in [9.17, 15) is 0 Å². The van der Waals surface area contributed by atoms with Crippen molar-refractivity contribution in [2.24, 2.45) is 0 Å². The van der Waals surface area contributed by atoms with Crippen LogP contribution in [0.5, 0.6) is 0 Å². The predicted molar refractivity (Wildman–Crippen MR) is 104 cm³/mol. The molecule has 1 saturated heterocycles. The Hall–Kier alpha value is -2.76. The van der Waals surface area contributed by atoms with Crippen LogP contribution in [0.1, 0.15) is 54.7 Å². The van der Waals surface area contributed by atoms with Crippen LogP contribution in [0.2, 0.25) is 0 Å². The molecule has 0 radical (unpaired) electrons. The van der Waals surface area contributed by atoms with Crippen molar-refractivity contribution >= 4 is 5.82 Å². The molecule has 6 nitrogen and oxygen atoms in total. The van der Waals surface area contributed by atoms with Gasteiger partial charge in [0.15, 0.2) is 0 Å². The molecule has 138 valence electrons. The summed E-state index contributed by atoms with van der Waals surface area (Å²) in [5.41, 5.74) is 2.27. The van der Waals surface area contributed by atoms with E-state index in [0.717, 1.165) is 49.8 Å². The van der Waals surface area contributed by atoms with Gasteiger partial charge in [-0.15, -0.1) is 0 Å². The summed E-state index contributed by atoms with van der Waals surface area (Å²) in [6.45, 7) is 2.78. The molecular weight excluding hydrogens is 336 g/mol. The summed E-state index contributed by atoms with van der Waals surface area (Å²) in [4.78, 5) is 20.6. The number of aromatic nitrogens is 5. The Balaban J connectivity index is 1.34. The number of nitrogens with zero attached hydrogens (tertiary/aromatic N) is 6. The normalized spacial score (nSPS) is 20.0. The van der Waals surface area contributed by atoms with E-state index in [1.807, 2.05) is 24.5 Å². The molecule has 3 aromatic heterocycles. The maximum absolute atomic E-state index is 4.70. The Morgan fingerprint density at radius 1 is 0.963 bits per heavy atom. The van der Waals surface area contributed by atoms with Crippen molar-refractivity contribution in [1.29, 1.82) is 0 Å². The Labute approximate surface area is 159 Å². The van der Waals surface area contributed by atoms with Crippen LogP contribution in [-0.2, 0) is 6.54 Å². The van der Waals surface area contributed by atoms with Gasteiger partial charge in [0.1, 0.15) is 18.0 Å². The zero-order chi connectivity index (χ0) is 18.1. The van der Waals surface area contributed by atoms with Gasteiger partial charge < -0.3 is 9.47 Å². The SMILES string of the molecule is c1ccc(Cn2ccnc2[C@H]2CCCN(c3cc(C4CC4)ncn3)C2)nc1. The number of anilines is 1. The first-order valence-corrected chi connectivity index (χ1v) is 9.84. The van der Waals surface area contributed by atoms with Gasteiger partial charge in [-0.2, -0.15) is 0 Å². The van der Waals surface area contributed by atoms with Crippen molar-refractivity contribution in [2.45, 2.75) is 44.1 Å². The second-order valence-electron chi connectivity index (χ2n) is 7.59. The third kappa shape index (κ3) is 3.56. The van der Waals surface area contributed by atoms with E-state index in [1.165, 1.54) is 18.5 Å². The van der Waals surface area contributed by atoms with Crippen LogP contribution in [-0.4, -0.2) is 37.6 Å². The molecule has 4 heterocycles. The summed E-state index contributed by atoms with van der Waals surface area (Å²) in [5.74, 6) is 3.29. The van der Waals surface area contributed by atoms with Crippen LogP contribution in [0.3, 0.4) is 0 Å². The van der Waals surface area contributed by atoms with Gasteiger partial charge in [0.05, 0.1) is 12.2 Å². The largest absolute Gasteiger partial charge is 0.356 e. The summed E-state index contributed by atoms with van der Waals surface area (Å²) in [6, 6.07) is 8.25. The van der Waals surface area contributed by atoms with Crippen LogP contribution >= 0.6 is 0 Å². The number of hydrogen-bond donors (Lipinski definition) is 0. The number of piperidine rings is 1. The molecule has 1 saturated carbocycles. The van der Waals surface area contributed by atoms with Gasteiger partial charge in [-0.3, -0.25) is 4.98 Å². The first-order valence-electron chi connectivity index (χ1n) is 9.84. The summed E-state index contributed by atoms with van der Waals surface area (Å²) in [6.07, 6.45) is 12.4. The molecule has 1 aliphatic carbocycles. The summed E-state index contributed by atoms with van der Waals surface area (Å²) < 4.78 is 2.24. The van der Waals surface area contributed by atoms with E-state index < -0.39 is 0 Å². The molecule has 5 rings (SSSR count). The molecule has 2 aliphatic rings. The fraction of sp³-hybridized carbons (Fsp3) is 0.429. The molecule has 6 heteroatoms. The summed E-state index contributed by atoms with van der Waals surface area (Å²) in [5, 5.41) is 0. The molecule has 2 fully saturated rings. The average molecular weight is 360 g/mol. The molecule has 0 unspecified atom stereocenters. The third-order valence-electron chi connectivity index (χ3n) is 5.59. The zero-order valence-electron chi connectivity index (χ0n) is 15.4. The first kappa shape index (κ1) is 16.4. The van der Waals surface area contributed by atoms with Gasteiger partial charge in [-0.1, -0.05) is 6.07 Å². The Kier molecular flexibility index (Phi) is 4.32. The smallest absolute Gasteiger partial charge is 0.132 e. The van der Waals surface area contributed by atoms with Crippen molar-refractivity contribution < 1.29 is 0 Å². The lowest BCUT2D eigenvalue weighted by atomic mass is 9.97. The van der Waals surface area contributed by atoms with Gasteiger partial charge in [0, 0.05) is 55.3 Å². The summed E-state index contributed by atoms with van der Waals surface area (Å²) >= 11 is 0. The quantitative estimate of drug-likeness (QED) is 0.698. The van der Waals surface area contributed by atoms with Crippen molar-refractivity contribution in [3.8, 4) is 0 Å². The van der Waals surface area contributed by atoms with E-state index >= 15 is 0 Å². The van der Waals surface area contributed by atoms with E-state index in [-0.39, 0.29) is 0 Å². The van der Waals surface area contributed by atoms with Crippen LogP contribution < -0.4 is 4.90 Å². The number of hydrogen-bond acceptors (Lipinski definition) is 5. The third-order valence-corrected chi connectivity index (χ3v) is 5.59. The Morgan fingerprint density at radius 3 is 2.78 bits per heavy atom. The molecule has 1 atom stereocenters. The van der Waals surface area contributed by atoms with E-state index in [1.54, 1.807) is 6.33 Å². The average Bonchev–Trinajstić information content (AvgIpc) is 3.48. The van der Waals surface area contributed by atoms with Crippen molar-refractivity contribution in [2.75, 3.05) is 18.0 Å². The van der Waals surface area contributed by atoms with Crippen molar-refractivity contribution in [3.05, 3.63) is 66.4 Å². The summed E-state index contributed by atoms with van der Waals surface area (Å²) in [7, 11) is 0. The maximum atomic E-state index is 4.70. The minimum absolute atomic E-state index is 0.414. The highest BCUT2D eigenvalue weighted by atomic mass is 15.2. The van der Waals surface area contributed by atoms with Crippen LogP contribution in [0.15, 0.2) is 49.2 Å². The van der Waals surface area contributed by atoms with Crippen molar-refractivity contribution in [1.82, 2.24) is 24.5 Å². The monoisotopic (exact) mass is 360 g/mol. The lowest BCUT2D eigenvalue weighted by Crippen LogP contribution is -2.36. The van der Waals surface area contributed by atoms with Crippen LogP contribution in [0.4, 0.5) is 5.82 Å². The van der Waals surface area contributed by atoms with E-state index in [2.05, 4.69) is 42.7 Å². The topological polar surface area (TPSA) is 59.7 Å². The zero-order valence-corrected chi connectivity index (χ0v) is 15.4. The minimum atomic E-state index is 0.414. The number of pyridine rings is 1. The Bertz CT molecular complexity index is 902. The fourth-order valence-electron chi connectivity index (χ4n) is 4.01. The van der Waals surface area contributed by atoms with E-state index in [0.29, 0.717) is 11.8 Å². The highest BCUT2D eigenvalue weighted by Crippen LogP contribution is 2.39. The van der Waals surface area contributed by atoms with Gasteiger partial charge in [0.25, 0.3) is 0 Å². The Morgan fingerprint density at radius 2 is 1.93 bits per heavy atom. The lowest BCUT2D eigenvalue weighted by molar-refractivity contribution is 0.473. The van der Waals surface area contributed by atoms with Gasteiger partial charge >= 0.3 is 0 Å². The molecule has 0 aromatic carbocycles. The molecule has 0 N–H and O–H groups in total. The predicted octanol–water partition coefficient (Wildman–Crippen LogP) is 3.38. The molecular formula is C21H24N6. The van der Waals surface area contributed by atoms with Gasteiger partial charge in [-0.25, -0.2) is 15.0 Å². The molecule has 0 amide bonds. The first-order chi connectivity index (χ1) is 13.4. The van der Waals surface area contributed by atoms with E-state index in [4.69, 9.17) is 4.98 Å². The van der Waals surface area contributed by atoms with Crippen molar-refractivity contribution in [3.63, 3.8) is 0 Å². The van der Waals surface area contributed by atoms with Crippen LogP contribution in [0, 0.1) is 0 Å².